The van der Waals surface area contributed by atoms with Gasteiger partial charge in [0.15, 0.2) is 0 Å². The van der Waals surface area contributed by atoms with E-state index in [-0.39, 0.29) is 17.7 Å². The van der Waals surface area contributed by atoms with Crippen molar-refractivity contribution in [3.05, 3.63) is 0 Å². The standard InChI is InChI=1S/C5H11NO.2C4H9NO/c1-4-5(7)6(2)3;2*1-4(6)5(2)3/h4H2,1-3H3;2*1-3H3. The molecule has 0 radical (unpaired) electrons. The van der Waals surface area contributed by atoms with Crippen molar-refractivity contribution in [1.29, 1.82) is 0 Å². The first-order valence-electron chi connectivity index (χ1n) is 6.03. The lowest BCUT2D eigenvalue weighted by Gasteiger charge is -2.05. The number of carbonyl (C=O) groups is 3. The number of amides is 3. The minimum absolute atomic E-state index is 0.0926. The molecule has 0 unspecified atom stereocenters. The highest BCUT2D eigenvalue weighted by atomic mass is 16.2. The molecule has 0 saturated carbocycles. The first-order valence-corrected chi connectivity index (χ1v) is 6.03. The van der Waals surface area contributed by atoms with Gasteiger partial charge in [0.05, 0.1) is 0 Å². The summed E-state index contributed by atoms with van der Waals surface area (Å²) in [7, 11) is 10.4. The van der Waals surface area contributed by atoms with E-state index in [2.05, 4.69) is 0 Å². The SMILES string of the molecule is CC(=O)N(C)C.CC(=O)N(C)C.CCC(=O)N(C)C. The molecule has 3 amide bonds. The Hall–Kier alpha value is -1.59. The second kappa shape index (κ2) is 12.9. The molecule has 0 aromatic heterocycles. The Bertz CT molecular complexity index is 256. The van der Waals surface area contributed by atoms with Gasteiger partial charge in [-0.2, -0.15) is 0 Å². The smallest absolute Gasteiger partial charge is 0.221 e. The average Bonchev–Trinajstić information content (AvgIpc) is 2.29. The molecule has 0 rings (SSSR count). The molecule has 0 N–H and O–H groups in total. The molecular formula is C13H29N3O3. The molecule has 114 valence electrons. The van der Waals surface area contributed by atoms with Crippen molar-refractivity contribution in [3.8, 4) is 0 Å². The summed E-state index contributed by atoms with van der Waals surface area (Å²) in [6.45, 7) is 4.91. The Kier molecular flexibility index (Phi) is 15.3. The summed E-state index contributed by atoms with van der Waals surface area (Å²) >= 11 is 0. The first kappa shape index (κ1) is 22.6. The van der Waals surface area contributed by atoms with Crippen LogP contribution in [0, 0.1) is 0 Å². The van der Waals surface area contributed by atoms with E-state index < -0.39 is 0 Å². The van der Waals surface area contributed by atoms with Crippen molar-refractivity contribution >= 4 is 17.7 Å². The Morgan fingerprint density at radius 1 is 0.684 bits per heavy atom. The monoisotopic (exact) mass is 275 g/mol. The maximum absolute atomic E-state index is 10.4. The third-order valence-electron chi connectivity index (χ3n) is 2.06. The number of rotatable bonds is 1. The van der Waals surface area contributed by atoms with Crippen molar-refractivity contribution in [2.24, 2.45) is 0 Å². The summed E-state index contributed by atoms with van der Waals surface area (Å²) in [6.07, 6.45) is 0.604. The van der Waals surface area contributed by atoms with Crippen LogP contribution < -0.4 is 0 Å². The predicted molar refractivity (Wildman–Crippen MR) is 77.7 cm³/mol. The zero-order valence-electron chi connectivity index (χ0n) is 13.8. The molecule has 0 spiro atoms. The lowest BCUT2D eigenvalue weighted by atomic mass is 10.4. The molecular weight excluding hydrogens is 246 g/mol. The predicted octanol–water partition coefficient (Wildman–Crippen LogP) is 0.674. The van der Waals surface area contributed by atoms with E-state index in [0.717, 1.165) is 0 Å². The van der Waals surface area contributed by atoms with Crippen molar-refractivity contribution < 1.29 is 14.4 Å². The van der Waals surface area contributed by atoms with Crippen molar-refractivity contribution in [2.75, 3.05) is 42.3 Å². The summed E-state index contributed by atoms with van der Waals surface area (Å²) in [5.41, 5.74) is 0. The highest BCUT2D eigenvalue weighted by Gasteiger charge is 1.95. The summed E-state index contributed by atoms with van der Waals surface area (Å²) in [4.78, 5) is 35.2. The fourth-order valence-electron chi connectivity index (χ4n) is 0.316. The van der Waals surface area contributed by atoms with Crippen LogP contribution in [0.25, 0.3) is 0 Å². The molecule has 19 heavy (non-hydrogen) atoms. The van der Waals surface area contributed by atoms with Gasteiger partial charge in [0.2, 0.25) is 17.7 Å². The van der Waals surface area contributed by atoms with Gasteiger partial charge in [-0.15, -0.1) is 0 Å². The van der Waals surface area contributed by atoms with E-state index in [1.165, 1.54) is 23.6 Å². The van der Waals surface area contributed by atoms with E-state index in [1.54, 1.807) is 47.2 Å². The Morgan fingerprint density at radius 3 is 0.895 bits per heavy atom. The van der Waals surface area contributed by atoms with Gasteiger partial charge in [0.1, 0.15) is 0 Å². The fourth-order valence-corrected chi connectivity index (χ4v) is 0.316. The minimum Gasteiger partial charge on any atom is -0.349 e. The van der Waals surface area contributed by atoms with E-state index in [0.29, 0.717) is 6.42 Å². The van der Waals surface area contributed by atoms with Crippen LogP contribution in [0.4, 0.5) is 0 Å². The maximum atomic E-state index is 10.4. The van der Waals surface area contributed by atoms with Gasteiger partial charge >= 0.3 is 0 Å². The lowest BCUT2D eigenvalue weighted by Crippen LogP contribution is -2.19. The third-order valence-corrected chi connectivity index (χ3v) is 2.06. The van der Waals surface area contributed by atoms with Crippen LogP contribution in [0.3, 0.4) is 0 Å². The summed E-state index contributed by atoms with van der Waals surface area (Å²) < 4.78 is 0. The zero-order chi connectivity index (χ0) is 16.2. The third kappa shape index (κ3) is 22.1. The van der Waals surface area contributed by atoms with Gasteiger partial charge in [-0.25, -0.2) is 0 Å². The van der Waals surface area contributed by atoms with Gasteiger partial charge in [0.25, 0.3) is 0 Å². The molecule has 0 aromatic carbocycles. The molecule has 6 heteroatoms. The topological polar surface area (TPSA) is 60.9 Å². The van der Waals surface area contributed by atoms with Gasteiger partial charge in [-0.3, -0.25) is 14.4 Å². The molecule has 0 bridgehead atoms. The van der Waals surface area contributed by atoms with E-state index >= 15 is 0 Å². The number of hydrogen-bond acceptors (Lipinski definition) is 3. The van der Waals surface area contributed by atoms with Gasteiger partial charge in [0, 0.05) is 62.6 Å². The zero-order valence-corrected chi connectivity index (χ0v) is 13.8. The maximum Gasteiger partial charge on any atom is 0.221 e. The van der Waals surface area contributed by atoms with Crippen molar-refractivity contribution in [3.63, 3.8) is 0 Å². The second-order valence-electron chi connectivity index (χ2n) is 4.47. The Morgan fingerprint density at radius 2 is 0.895 bits per heavy atom. The fraction of sp³-hybridized carbons (Fsp3) is 0.769. The molecule has 0 aliphatic carbocycles. The quantitative estimate of drug-likeness (QED) is 0.707. The van der Waals surface area contributed by atoms with Crippen LogP contribution in [0.1, 0.15) is 27.2 Å². The molecule has 0 aliphatic heterocycles. The van der Waals surface area contributed by atoms with E-state index in [9.17, 15) is 14.4 Å². The van der Waals surface area contributed by atoms with Crippen LogP contribution in [0.2, 0.25) is 0 Å². The average molecular weight is 275 g/mol. The van der Waals surface area contributed by atoms with Crippen LogP contribution in [-0.2, 0) is 14.4 Å². The summed E-state index contributed by atoms with van der Waals surface area (Å²) in [5, 5.41) is 0. The summed E-state index contributed by atoms with van der Waals surface area (Å²) in [6, 6.07) is 0. The van der Waals surface area contributed by atoms with Crippen molar-refractivity contribution in [1.82, 2.24) is 14.7 Å². The van der Waals surface area contributed by atoms with Crippen LogP contribution in [-0.4, -0.2) is 74.7 Å². The number of nitrogens with zero attached hydrogens (tertiary/aromatic N) is 3. The summed E-state index contributed by atoms with van der Waals surface area (Å²) in [5.74, 6) is 0.366. The van der Waals surface area contributed by atoms with Crippen LogP contribution in [0.5, 0.6) is 0 Å². The molecule has 0 aliphatic rings. The normalized spacial score (nSPS) is 8.05. The Labute approximate surface area is 117 Å². The molecule has 6 nitrogen and oxygen atoms in total. The van der Waals surface area contributed by atoms with Gasteiger partial charge in [-0.05, 0) is 0 Å². The number of hydrogen-bond donors (Lipinski definition) is 0. The van der Waals surface area contributed by atoms with Crippen LogP contribution >= 0.6 is 0 Å². The van der Waals surface area contributed by atoms with E-state index in [1.807, 2.05) is 6.92 Å². The van der Waals surface area contributed by atoms with Gasteiger partial charge < -0.3 is 14.7 Å². The van der Waals surface area contributed by atoms with Crippen LogP contribution in [0.15, 0.2) is 0 Å². The molecule has 0 atom stereocenters. The highest BCUT2D eigenvalue weighted by Crippen LogP contribution is 1.81. The minimum atomic E-state index is 0.0926. The van der Waals surface area contributed by atoms with E-state index in [4.69, 9.17) is 0 Å². The van der Waals surface area contributed by atoms with Crippen molar-refractivity contribution in [2.45, 2.75) is 27.2 Å². The molecule has 0 aromatic rings. The molecule has 0 heterocycles. The van der Waals surface area contributed by atoms with Gasteiger partial charge in [-0.1, -0.05) is 6.92 Å². The first-order chi connectivity index (χ1) is 8.47. The molecule has 0 fully saturated rings. The molecule has 0 saturated heterocycles. The number of carbonyl (C=O) groups excluding carboxylic acids is 3. The highest BCUT2D eigenvalue weighted by molar-refractivity contribution is 5.75. The Balaban J connectivity index is -0.000000203. The second-order valence-corrected chi connectivity index (χ2v) is 4.47. The lowest BCUT2D eigenvalue weighted by molar-refractivity contribution is -0.128. The largest absolute Gasteiger partial charge is 0.349 e.